The number of carbonyl (C=O) groups excluding carboxylic acids is 1. The molecule has 80 valence electrons. The number of ketones is 1. The lowest BCUT2D eigenvalue weighted by Gasteiger charge is -2.02. The highest BCUT2D eigenvalue weighted by molar-refractivity contribution is 6.48. The van der Waals surface area contributed by atoms with Gasteiger partial charge in [-0.1, -0.05) is 47.6 Å². The summed E-state index contributed by atoms with van der Waals surface area (Å²) in [6, 6.07) is 9.69. The zero-order valence-corrected chi connectivity index (χ0v) is 8.67. The Hall–Kier alpha value is -2.16. The Balaban J connectivity index is 1.93. The van der Waals surface area contributed by atoms with Crippen molar-refractivity contribution in [3.63, 3.8) is 0 Å². The van der Waals surface area contributed by atoms with Crippen molar-refractivity contribution in [2.24, 2.45) is 5.16 Å². The van der Waals surface area contributed by atoms with Gasteiger partial charge in [0.1, 0.15) is 12.3 Å². The van der Waals surface area contributed by atoms with Crippen LogP contribution in [-0.4, -0.2) is 11.5 Å². The number of carbonyl (C=O) groups is 1. The first-order chi connectivity index (χ1) is 7.86. The Morgan fingerprint density at radius 3 is 2.56 bits per heavy atom. The maximum Gasteiger partial charge on any atom is 0.207 e. The summed E-state index contributed by atoms with van der Waals surface area (Å²) in [5.74, 6) is -0.129. The van der Waals surface area contributed by atoms with Crippen LogP contribution in [0.1, 0.15) is 5.56 Å². The van der Waals surface area contributed by atoms with Crippen LogP contribution in [0.25, 0.3) is 0 Å². The molecule has 1 aliphatic carbocycles. The summed E-state index contributed by atoms with van der Waals surface area (Å²) in [5, 5.41) is 3.79. The first-order valence-electron chi connectivity index (χ1n) is 4.99. The van der Waals surface area contributed by atoms with Gasteiger partial charge in [0.15, 0.2) is 0 Å². The van der Waals surface area contributed by atoms with Crippen LogP contribution in [0.3, 0.4) is 0 Å². The SMILES string of the molecule is O=C1C=CC=CC1=NOCc1ccccc1. The highest BCUT2D eigenvalue weighted by Gasteiger charge is 2.07. The number of benzene rings is 1. The van der Waals surface area contributed by atoms with Gasteiger partial charge < -0.3 is 4.84 Å². The number of nitrogens with zero attached hydrogens (tertiary/aromatic N) is 1. The van der Waals surface area contributed by atoms with Gasteiger partial charge >= 0.3 is 0 Å². The summed E-state index contributed by atoms with van der Waals surface area (Å²) in [5.41, 5.74) is 1.35. The monoisotopic (exact) mass is 213 g/mol. The molecule has 1 aromatic carbocycles. The summed E-state index contributed by atoms with van der Waals surface area (Å²) in [7, 11) is 0. The number of hydrogen-bond donors (Lipinski definition) is 0. The molecule has 1 aromatic rings. The lowest BCUT2D eigenvalue weighted by molar-refractivity contribution is -0.109. The van der Waals surface area contributed by atoms with Gasteiger partial charge in [0, 0.05) is 0 Å². The zero-order valence-electron chi connectivity index (χ0n) is 8.67. The second-order valence-electron chi connectivity index (χ2n) is 3.32. The van der Waals surface area contributed by atoms with Crippen molar-refractivity contribution in [1.82, 2.24) is 0 Å². The minimum Gasteiger partial charge on any atom is -0.390 e. The molecule has 0 aliphatic heterocycles. The van der Waals surface area contributed by atoms with Gasteiger partial charge in [0.2, 0.25) is 5.78 Å². The van der Waals surface area contributed by atoms with E-state index in [0.29, 0.717) is 12.3 Å². The molecule has 1 aliphatic rings. The van der Waals surface area contributed by atoms with E-state index in [-0.39, 0.29) is 5.78 Å². The number of oxime groups is 1. The van der Waals surface area contributed by atoms with Gasteiger partial charge in [-0.2, -0.15) is 0 Å². The molecule has 0 spiro atoms. The largest absolute Gasteiger partial charge is 0.390 e. The third-order valence-corrected chi connectivity index (χ3v) is 2.10. The molecular formula is C13H11NO2. The summed E-state index contributed by atoms with van der Waals surface area (Å²) in [6.45, 7) is 0.370. The molecule has 0 aromatic heterocycles. The average Bonchev–Trinajstić information content (AvgIpc) is 2.33. The molecule has 2 rings (SSSR count). The first kappa shape index (κ1) is 10.4. The van der Waals surface area contributed by atoms with E-state index >= 15 is 0 Å². The van der Waals surface area contributed by atoms with Crippen molar-refractivity contribution in [2.45, 2.75) is 6.61 Å². The number of hydrogen-bond acceptors (Lipinski definition) is 3. The molecule has 0 N–H and O–H groups in total. The molecular weight excluding hydrogens is 202 g/mol. The zero-order chi connectivity index (χ0) is 11.2. The molecule has 0 saturated heterocycles. The number of allylic oxidation sites excluding steroid dienone is 4. The van der Waals surface area contributed by atoms with Crippen LogP contribution in [-0.2, 0) is 16.2 Å². The molecule has 3 nitrogen and oxygen atoms in total. The fourth-order valence-corrected chi connectivity index (χ4v) is 1.28. The Labute approximate surface area is 93.7 Å². The lowest BCUT2D eigenvalue weighted by Crippen LogP contribution is -2.10. The normalized spacial score (nSPS) is 16.8. The van der Waals surface area contributed by atoms with Gasteiger partial charge in [-0.15, -0.1) is 0 Å². The van der Waals surface area contributed by atoms with Crippen LogP contribution < -0.4 is 0 Å². The predicted molar refractivity (Wildman–Crippen MR) is 62.0 cm³/mol. The second kappa shape index (κ2) is 5.07. The topological polar surface area (TPSA) is 38.7 Å². The summed E-state index contributed by atoms with van der Waals surface area (Å²) >= 11 is 0. The fourth-order valence-electron chi connectivity index (χ4n) is 1.28. The average molecular weight is 213 g/mol. The van der Waals surface area contributed by atoms with Crippen LogP contribution in [0.2, 0.25) is 0 Å². The Morgan fingerprint density at radius 2 is 1.81 bits per heavy atom. The van der Waals surface area contributed by atoms with Gasteiger partial charge in [-0.05, 0) is 17.7 Å². The Kier molecular flexibility index (Phi) is 3.28. The van der Waals surface area contributed by atoms with Crippen molar-refractivity contribution in [3.05, 3.63) is 60.2 Å². The molecule has 0 radical (unpaired) electrons. The second-order valence-corrected chi connectivity index (χ2v) is 3.32. The highest BCUT2D eigenvalue weighted by Crippen LogP contribution is 2.02. The molecule has 0 unspecified atom stereocenters. The van der Waals surface area contributed by atoms with Gasteiger partial charge in [-0.25, -0.2) is 0 Å². The van der Waals surface area contributed by atoms with E-state index in [1.165, 1.54) is 6.08 Å². The van der Waals surface area contributed by atoms with E-state index in [9.17, 15) is 4.79 Å². The fraction of sp³-hybridized carbons (Fsp3) is 0.0769. The Morgan fingerprint density at radius 1 is 1.06 bits per heavy atom. The summed E-state index contributed by atoms with van der Waals surface area (Å²) < 4.78 is 0. The maximum atomic E-state index is 11.3. The molecule has 0 saturated carbocycles. The summed E-state index contributed by atoms with van der Waals surface area (Å²) in [4.78, 5) is 16.4. The van der Waals surface area contributed by atoms with Gasteiger partial charge in [0.25, 0.3) is 0 Å². The predicted octanol–water partition coefficient (Wildman–Crippen LogP) is 2.25. The smallest absolute Gasteiger partial charge is 0.207 e. The minimum absolute atomic E-state index is 0.129. The molecule has 0 heterocycles. The highest BCUT2D eigenvalue weighted by atomic mass is 16.6. The van der Waals surface area contributed by atoms with E-state index in [0.717, 1.165) is 5.56 Å². The van der Waals surface area contributed by atoms with E-state index in [1.807, 2.05) is 30.3 Å². The third-order valence-electron chi connectivity index (χ3n) is 2.10. The van der Waals surface area contributed by atoms with Crippen LogP contribution >= 0.6 is 0 Å². The van der Waals surface area contributed by atoms with Gasteiger partial charge in [-0.3, -0.25) is 4.79 Å². The van der Waals surface area contributed by atoms with Crippen molar-refractivity contribution in [3.8, 4) is 0 Å². The minimum atomic E-state index is -0.129. The summed E-state index contributed by atoms with van der Waals surface area (Å²) in [6.07, 6.45) is 6.53. The van der Waals surface area contributed by atoms with E-state index in [4.69, 9.17) is 4.84 Å². The van der Waals surface area contributed by atoms with Crippen LogP contribution in [0, 0.1) is 0 Å². The molecule has 0 bridgehead atoms. The van der Waals surface area contributed by atoms with Crippen molar-refractivity contribution < 1.29 is 9.63 Å². The third kappa shape index (κ3) is 2.67. The number of rotatable bonds is 3. The first-order valence-corrected chi connectivity index (χ1v) is 4.99. The standard InChI is InChI=1S/C13H11NO2/c15-13-9-5-4-8-12(13)14-16-10-11-6-2-1-3-7-11/h1-9H,10H2. The van der Waals surface area contributed by atoms with E-state index in [1.54, 1.807) is 18.2 Å². The molecule has 0 atom stereocenters. The van der Waals surface area contributed by atoms with Crippen molar-refractivity contribution in [2.75, 3.05) is 0 Å². The van der Waals surface area contributed by atoms with E-state index in [2.05, 4.69) is 5.16 Å². The molecule has 16 heavy (non-hydrogen) atoms. The molecule has 0 amide bonds. The van der Waals surface area contributed by atoms with Crippen LogP contribution in [0.4, 0.5) is 0 Å². The van der Waals surface area contributed by atoms with Crippen LogP contribution in [0.5, 0.6) is 0 Å². The molecule has 0 fully saturated rings. The lowest BCUT2D eigenvalue weighted by atomic mass is 10.1. The quantitative estimate of drug-likeness (QED) is 0.570. The van der Waals surface area contributed by atoms with Gasteiger partial charge in [0.05, 0.1) is 0 Å². The Bertz CT molecular complexity index is 458. The van der Waals surface area contributed by atoms with Crippen LogP contribution in [0.15, 0.2) is 59.8 Å². The van der Waals surface area contributed by atoms with Crippen molar-refractivity contribution in [1.29, 1.82) is 0 Å². The molecule has 3 heteroatoms. The van der Waals surface area contributed by atoms with E-state index < -0.39 is 0 Å². The maximum absolute atomic E-state index is 11.3. The van der Waals surface area contributed by atoms with Crippen molar-refractivity contribution >= 4 is 11.5 Å².